The Morgan fingerprint density at radius 1 is 1.00 bits per heavy atom. The Kier molecular flexibility index (Phi) is 7.52. The van der Waals surface area contributed by atoms with Crippen molar-refractivity contribution in [3.05, 3.63) is 65.7 Å². The summed E-state index contributed by atoms with van der Waals surface area (Å²) in [6, 6.07) is 18.4. The first-order valence-corrected chi connectivity index (χ1v) is 9.15. The fourth-order valence-corrected chi connectivity index (χ4v) is 2.66. The van der Waals surface area contributed by atoms with Crippen LogP contribution in [0.2, 0.25) is 0 Å². The minimum Gasteiger partial charge on any atom is -0.489 e. The maximum Gasteiger partial charge on any atom is 0.223 e. The SMILES string of the molecule is CCCCC(=O)N(Cc1ccc(OCc2ccccc2)cc1)C(C)C. The zero-order chi connectivity index (χ0) is 18.1. The monoisotopic (exact) mass is 339 g/mol. The summed E-state index contributed by atoms with van der Waals surface area (Å²) in [5, 5.41) is 0. The Morgan fingerprint density at radius 3 is 2.28 bits per heavy atom. The largest absolute Gasteiger partial charge is 0.489 e. The Morgan fingerprint density at radius 2 is 1.68 bits per heavy atom. The van der Waals surface area contributed by atoms with Gasteiger partial charge in [0.15, 0.2) is 0 Å². The van der Waals surface area contributed by atoms with Crippen LogP contribution in [0.3, 0.4) is 0 Å². The first-order valence-electron chi connectivity index (χ1n) is 9.15. The van der Waals surface area contributed by atoms with Gasteiger partial charge in [-0.25, -0.2) is 0 Å². The molecule has 0 bridgehead atoms. The van der Waals surface area contributed by atoms with Gasteiger partial charge in [-0.3, -0.25) is 4.79 Å². The standard InChI is InChI=1S/C22H29NO2/c1-4-5-11-22(24)23(18(2)3)16-19-12-14-21(15-13-19)25-17-20-9-7-6-8-10-20/h6-10,12-15,18H,4-5,11,16-17H2,1-3H3. The molecule has 1 amide bonds. The lowest BCUT2D eigenvalue weighted by Gasteiger charge is -2.27. The zero-order valence-electron chi connectivity index (χ0n) is 15.6. The van der Waals surface area contributed by atoms with Crippen molar-refractivity contribution in [3.63, 3.8) is 0 Å². The van der Waals surface area contributed by atoms with Crippen molar-refractivity contribution >= 4 is 5.91 Å². The molecule has 0 heterocycles. The average Bonchev–Trinajstić information content (AvgIpc) is 2.64. The van der Waals surface area contributed by atoms with Gasteiger partial charge in [-0.15, -0.1) is 0 Å². The van der Waals surface area contributed by atoms with E-state index >= 15 is 0 Å². The number of rotatable bonds is 9. The van der Waals surface area contributed by atoms with Crippen molar-refractivity contribution in [1.29, 1.82) is 0 Å². The Labute approximate surface area is 151 Å². The molecule has 0 aliphatic heterocycles. The van der Waals surface area contributed by atoms with Crippen LogP contribution in [0.15, 0.2) is 54.6 Å². The summed E-state index contributed by atoms with van der Waals surface area (Å²) >= 11 is 0. The van der Waals surface area contributed by atoms with Gasteiger partial charge in [0.25, 0.3) is 0 Å². The molecule has 0 spiro atoms. The van der Waals surface area contributed by atoms with E-state index in [1.165, 1.54) is 0 Å². The first kappa shape index (κ1) is 19.0. The van der Waals surface area contributed by atoms with Crippen molar-refractivity contribution in [1.82, 2.24) is 4.90 Å². The summed E-state index contributed by atoms with van der Waals surface area (Å²) in [6.45, 7) is 7.47. The molecule has 2 rings (SSSR count). The molecular weight excluding hydrogens is 310 g/mol. The van der Waals surface area contributed by atoms with Crippen LogP contribution in [0.1, 0.15) is 51.2 Å². The van der Waals surface area contributed by atoms with E-state index in [1.54, 1.807) is 0 Å². The van der Waals surface area contributed by atoms with E-state index in [-0.39, 0.29) is 11.9 Å². The minimum absolute atomic E-state index is 0.207. The molecule has 2 aromatic carbocycles. The Hall–Kier alpha value is -2.29. The van der Waals surface area contributed by atoms with E-state index in [0.717, 1.165) is 29.7 Å². The molecule has 0 aromatic heterocycles. The smallest absolute Gasteiger partial charge is 0.223 e. The van der Waals surface area contributed by atoms with Crippen molar-refractivity contribution in [2.24, 2.45) is 0 Å². The maximum atomic E-state index is 12.4. The number of hydrogen-bond donors (Lipinski definition) is 0. The van der Waals surface area contributed by atoms with Crippen LogP contribution in [0.5, 0.6) is 5.75 Å². The second-order valence-electron chi connectivity index (χ2n) is 6.64. The molecule has 0 aliphatic rings. The predicted molar refractivity (Wildman–Crippen MR) is 102 cm³/mol. The van der Waals surface area contributed by atoms with E-state index in [4.69, 9.17) is 4.74 Å². The molecule has 0 aliphatic carbocycles. The highest BCUT2D eigenvalue weighted by molar-refractivity contribution is 5.76. The van der Waals surface area contributed by atoms with Gasteiger partial charge in [0, 0.05) is 19.0 Å². The summed E-state index contributed by atoms with van der Waals surface area (Å²) in [5.41, 5.74) is 2.28. The first-order chi connectivity index (χ1) is 12.1. The third-order valence-corrected chi connectivity index (χ3v) is 4.21. The number of nitrogens with zero attached hydrogens (tertiary/aromatic N) is 1. The van der Waals surface area contributed by atoms with Gasteiger partial charge in [0.1, 0.15) is 12.4 Å². The predicted octanol–water partition coefficient (Wildman–Crippen LogP) is 5.19. The lowest BCUT2D eigenvalue weighted by molar-refractivity contribution is -0.133. The molecular formula is C22H29NO2. The van der Waals surface area contributed by atoms with Gasteiger partial charge >= 0.3 is 0 Å². The Bertz CT molecular complexity index is 635. The molecule has 3 nitrogen and oxygen atoms in total. The number of carbonyl (C=O) groups is 1. The topological polar surface area (TPSA) is 29.5 Å². The number of hydrogen-bond acceptors (Lipinski definition) is 2. The summed E-state index contributed by atoms with van der Waals surface area (Å²) in [7, 11) is 0. The fourth-order valence-electron chi connectivity index (χ4n) is 2.66. The summed E-state index contributed by atoms with van der Waals surface area (Å²) in [6.07, 6.45) is 2.63. The molecule has 0 N–H and O–H groups in total. The zero-order valence-corrected chi connectivity index (χ0v) is 15.6. The van der Waals surface area contributed by atoms with Gasteiger partial charge in [-0.1, -0.05) is 55.8 Å². The van der Waals surface area contributed by atoms with Gasteiger partial charge in [0.05, 0.1) is 0 Å². The minimum atomic E-state index is 0.207. The van der Waals surface area contributed by atoms with Crippen molar-refractivity contribution < 1.29 is 9.53 Å². The number of unbranched alkanes of at least 4 members (excludes halogenated alkanes) is 1. The quantitative estimate of drug-likeness (QED) is 0.629. The molecule has 0 saturated heterocycles. The highest BCUT2D eigenvalue weighted by Crippen LogP contribution is 2.17. The van der Waals surface area contributed by atoms with E-state index in [1.807, 2.05) is 47.4 Å². The van der Waals surface area contributed by atoms with Crippen molar-refractivity contribution in [2.75, 3.05) is 0 Å². The summed E-state index contributed by atoms with van der Waals surface area (Å²) in [4.78, 5) is 14.3. The van der Waals surface area contributed by atoms with Crippen LogP contribution in [-0.2, 0) is 17.9 Å². The number of ether oxygens (including phenoxy) is 1. The molecule has 0 atom stereocenters. The van der Waals surface area contributed by atoms with Crippen molar-refractivity contribution in [2.45, 2.75) is 59.2 Å². The summed E-state index contributed by atoms with van der Waals surface area (Å²) < 4.78 is 5.82. The lowest BCUT2D eigenvalue weighted by Crippen LogP contribution is -2.36. The van der Waals surface area contributed by atoms with Crippen LogP contribution < -0.4 is 4.74 Å². The van der Waals surface area contributed by atoms with Crippen LogP contribution >= 0.6 is 0 Å². The molecule has 0 saturated carbocycles. The number of carbonyl (C=O) groups excluding carboxylic acids is 1. The lowest BCUT2D eigenvalue weighted by atomic mass is 10.1. The average molecular weight is 339 g/mol. The van der Waals surface area contributed by atoms with Crippen LogP contribution in [0, 0.1) is 0 Å². The third-order valence-electron chi connectivity index (χ3n) is 4.21. The van der Waals surface area contributed by atoms with Gasteiger partial charge in [-0.05, 0) is 43.5 Å². The van der Waals surface area contributed by atoms with Gasteiger partial charge in [0.2, 0.25) is 5.91 Å². The highest BCUT2D eigenvalue weighted by Gasteiger charge is 2.16. The molecule has 0 unspecified atom stereocenters. The van der Waals surface area contributed by atoms with Crippen molar-refractivity contribution in [3.8, 4) is 5.75 Å². The second kappa shape index (κ2) is 9.87. The molecule has 134 valence electrons. The third kappa shape index (κ3) is 6.26. The normalized spacial score (nSPS) is 10.7. The summed E-state index contributed by atoms with van der Waals surface area (Å²) in [5.74, 6) is 1.09. The van der Waals surface area contributed by atoms with Gasteiger partial charge in [-0.2, -0.15) is 0 Å². The van der Waals surface area contributed by atoms with E-state index < -0.39 is 0 Å². The second-order valence-corrected chi connectivity index (χ2v) is 6.64. The molecule has 0 fully saturated rings. The van der Waals surface area contributed by atoms with E-state index in [2.05, 4.69) is 32.9 Å². The van der Waals surface area contributed by atoms with E-state index in [0.29, 0.717) is 19.6 Å². The molecule has 25 heavy (non-hydrogen) atoms. The van der Waals surface area contributed by atoms with E-state index in [9.17, 15) is 4.79 Å². The molecule has 0 radical (unpaired) electrons. The van der Waals surface area contributed by atoms with Gasteiger partial charge < -0.3 is 9.64 Å². The number of benzene rings is 2. The molecule has 3 heteroatoms. The molecule has 2 aromatic rings. The fraction of sp³-hybridized carbons (Fsp3) is 0.409. The maximum absolute atomic E-state index is 12.4. The van der Waals surface area contributed by atoms with Crippen LogP contribution in [0.4, 0.5) is 0 Å². The van der Waals surface area contributed by atoms with Crippen LogP contribution in [-0.4, -0.2) is 16.8 Å². The number of amides is 1. The highest BCUT2D eigenvalue weighted by atomic mass is 16.5. The van der Waals surface area contributed by atoms with Crippen LogP contribution in [0.25, 0.3) is 0 Å². The Balaban J connectivity index is 1.92.